The Morgan fingerprint density at radius 2 is 1.91 bits per heavy atom. The first-order valence-electron chi connectivity index (χ1n) is 8.98. The van der Waals surface area contributed by atoms with E-state index in [-0.39, 0.29) is 5.43 Å². The van der Waals surface area contributed by atoms with E-state index in [1.165, 1.54) is 44.9 Å². The summed E-state index contributed by atoms with van der Waals surface area (Å²) in [6.45, 7) is 4.18. The number of methoxy groups -OCH3 is 1. The fourth-order valence-electron chi connectivity index (χ4n) is 3.78. The van der Waals surface area contributed by atoms with Gasteiger partial charge < -0.3 is 9.72 Å². The lowest BCUT2D eigenvalue weighted by Crippen LogP contribution is -2.24. The van der Waals surface area contributed by atoms with Crippen LogP contribution in [0.4, 0.5) is 0 Å². The first kappa shape index (κ1) is 17.1. The van der Waals surface area contributed by atoms with Crippen LogP contribution in [0.5, 0.6) is 5.75 Å². The molecule has 2 rings (SSSR count). The summed E-state index contributed by atoms with van der Waals surface area (Å²) in [4.78, 5) is 16.1. The molecule has 1 heterocycles. The number of nitrogens with one attached hydrogen (secondary N) is 1. The lowest BCUT2D eigenvalue weighted by atomic mass is 9.81. The van der Waals surface area contributed by atoms with Gasteiger partial charge in [0.05, 0.1) is 12.8 Å². The van der Waals surface area contributed by atoms with Gasteiger partial charge in [-0.3, -0.25) is 4.79 Å². The molecule has 0 fully saturated rings. The number of unbranched alkanes of at least 4 members (excludes halogenated alkanes) is 5. The zero-order chi connectivity index (χ0) is 15.9. The van der Waals surface area contributed by atoms with E-state index in [4.69, 9.17) is 4.74 Å². The number of ether oxygens (including phenoxy) is 1. The van der Waals surface area contributed by atoms with E-state index >= 15 is 0 Å². The van der Waals surface area contributed by atoms with Gasteiger partial charge in [0.2, 0.25) is 5.43 Å². The van der Waals surface area contributed by atoms with Crippen LogP contribution in [0.15, 0.2) is 4.79 Å². The largest absolute Gasteiger partial charge is 0.491 e. The monoisotopic (exact) mass is 305 g/mol. The molecule has 0 unspecified atom stereocenters. The molecule has 0 saturated heterocycles. The van der Waals surface area contributed by atoms with Crippen LogP contribution in [0.2, 0.25) is 0 Å². The Hall–Kier alpha value is -1.25. The van der Waals surface area contributed by atoms with Crippen molar-refractivity contribution in [3.63, 3.8) is 0 Å². The molecule has 3 nitrogen and oxygen atoms in total. The van der Waals surface area contributed by atoms with Crippen molar-refractivity contribution in [2.24, 2.45) is 0 Å². The third kappa shape index (κ3) is 3.93. The fraction of sp³-hybridized carbons (Fsp3) is 0.737. The number of fused-ring (bicyclic) bond motifs is 1. The average molecular weight is 305 g/mol. The molecule has 0 saturated carbocycles. The summed E-state index contributed by atoms with van der Waals surface area (Å²) < 4.78 is 5.32. The lowest BCUT2D eigenvalue weighted by molar-refractivity contribution is 0.398. The van der Waals surface area contributed by atoms with E-state index in [0.717, 1.165) is 36.2 Å². The van der Waals surface area contributed by atoms with Crippen LogP contribution in [-0.4, -0.2) is 12.1 Å². The van der Waals surface area contributed by atoms with E-state index in [2.05, 4.69) is 11.9 Å². The van der Waals surface area contributed by atoms with Crippen molar-refractivity contribution < 1.29 is 4.74 Å². The highest BCUT2D eigenvalue weighted by molar-refractivity contribution is 5.38. The molecular formula is C19H31NO2. The summed E-state index contributed by atoms with van der Waals surface area (Å²) in [7, 11) is 1.59. The summed E-state index contributed by atoms with van der Waals surface area (Å²) in [5.74, 6) is 0.932. The molecule has 1 aromatic heterocycles. The van der Waals surface area contributed by atoms with Gasteiger partial charge >= 0.3 is 0 Å². The van der Waals surface area contributed by atoms with E-state index in [1.807, 2.05) is 6.92 Å². The van der Waals surface area contributed by atoms with E-state index in [1.54, 1.807) is 7.11 Å². The summed E-state index contributed by atoms with van der Waals surface area (Å²) in [5, 5.41) is 0. The quantitative estimate of drug-likeness (QED) is 0.697. The van der Waals surface area contributed by atoms with Gasteiger partial charge in [-0.05, 0) is 38.5 Å². The Kier molecular flexibility index (Phi) is 6.53. The highest BCUT2D eigenvalue weighted by atomic mass is 16.5. The number of pyridine rings is 1. The smallest absolute Gasteiger partial charge is 0.227 e. The third-order valence-corrected chi connectivity index (χ3v) is 4.95. The standard InChI is InChI=1S/C19H31NO2/c1-4-5-6-7-8-9-11-15-12-10-13-16-17(15)18(21)19(22-3)14(2)20-16/h15H,4-13H2,1-3H3,(H,20,21)/t15-/m1/s1. The molecule has 1 N–H and O–H groups in total. The zero-order valence-electron chi connectivity index (χ0n) is 14.5. The number of aryl methyl sites for hydroxylation is 2. The second kappa shape index (κ2) is 8.40. The maximum atomic E-state index is 12.7. The van der Waals surface area contributed by atoms with Gasteiger partial charge in [-0.1, -0.05) is 45.4 Å². The third-order valence-electron chi connectivity index (χ3n) is 4.95. The number of rotatable bonds is 8. The van der Waals surface area contributed by atoms with Gasteiger partial charge in [-0.25, -0.2) is 0 Å². The first-order valence-corrected chi connectivity index (χ1v) is 8.98. The summed E-state index contributed by atoms with van der Waals surface area (Å²) in [6, 6.07) is 0. The zero-order valence-corrected chi connectivity index (χ0v) is 14.5. The number of aromatic amines is 1. The van der Waals surface area contributed by atoms with Crippen LogP contribution in [0.1, 0.15) is 87.6 Å². The molecule has 0 amide bonds. The number of H-pyrrole nitrogens is 1. The molecule has 124 valence electrons. The molecule has 0 aromatic carbocycles. The second-order valence-electron chi connectivity index (χ2n) is 6.65. The van der Waals surface area contributed by atoms with Crippen LogP contribution >= 0.6 is 0 Å². The molecule has 1 aliphatic carbocycles. The van der Waals surface area contributed by atoms with Crippen molar-refractivity contribution in [2.75, 3.05) is 7.11 Å². The minimum atomic E-state index is 0.129. The molecular weight excluding hydrogens is 274 g/mol. The Morgan fingerprint density at radius 1 is 1.18 bits per heavy atom. The fourth-order valence-corrected chi connectivity index (χ4v) is 3.78. The molecule has 0 aliphatic heterocycles. The second-order valence-corrected chi connectivity index (χ2v) is 6.65. The highest BCUT2D eigenvalue weighted by Gasteiger charge is 2.26. The maximum absolute atomic E-state index is 12.7. The Balaban J connectivity index is 2.03. The average Bonchev–Trinajstić information content (AvgIpc) is 2.51. The van der Waals surface area contributed by atoms with Crippen LogP contribution in [0.25, 0.3) is 0 Å². The van der Waals surface area contributed by atoms with Crippen molar-refractivity contribution >= 4 is 0 Å². The maximum Gasteiger partial charge on any atom is 0.227 e. The van der Waals surface area contributed by atoms with E-state index in [0.29, 0.717) is 11.7 Å². The Morgan fingerprint density at radius 3 is 2.64 bits per heavy atom. The van der Waals surface area contributed by atoms with Crippen LogP contribution in [-0.2, 0) is 6.42 Å². The van der Waals surface area contributed by atoms with Gasteiger partial charge in [-0.15, -0.1) is 0 Å². The van der Waals surface area contributed by atoms with Gasteiger partial charge in [0.1, 0.15) is 0 Å². The van der Waals surface area contributed by atoms with Gasteiger partial charge in [0, 0.05) is 11.3 Å². The lowest BCUT2D eigenvalue weighted by Gasteiger charge is -2.26. The Labute approximate surface area is 134 Å². The number of aromatic nitrogens is 1. The molecule has 1 aliphatic rings. The minimum absolute atomic E-state index is 0.129. The molecule has 1 aromatic rings. The SMILES string of the molecule is CCCCCCCC[C@@H]1CCCc2[nH]c(C)c(OC)c(=O)c21. The highest BCUT2D eigenvalue weighted by Crippen LogP contribution is 2.34. The van der Waals surface area contributed by atoms with Crippen molar-refractivity contribution in [3.05, 3.63) is 27.2 Å². The molecule has 0 spiro atoms. The summed E-state index contributed by atoms with van der Waals surface area (Å²) in [5.41, 5.74) is 3.17. The predicted octanol–water partition coefficient (Wildman–Crippen LogP) is 4.86. The van der Waals surface area contributed by atoms with E-state index in [9.17, 15) is 4.79 Å². The van der Waals surface area contributed by atoms with Crippen LogP contribution in [0, 0.1) is 6.92 Å². The number of hydrogen-bond acceptors (Lipinski definition) is 2. The van der Waals surface area contributed by atoms with Crippen LogP contribution in [0.3, 0.4) is 0 Å². The normalized spacial score (nSPS) is 17.3. The molecule has 1 atom stereocenters. The van der Waals surface area contributed by atoms with Gasteiger partial charge in [0.25, 0.3) is 0 Å². The van der Waals surface area contributed by atoms with E-state index < -0.39 is 0 Å². The predicted molar refractivity (Wildman–Crippen MR) is 92.0 cm³/mol. The van der Waals surface area contributed by atoms with Crippen molar-refractivity contribution in [2.45, 2.75) is 84.0 Å². The van der Waals surface area contributed by atoms with Crippen LogP contribution < -0.4 is 10.2 Å². The summed E-state index contributed by atoms with van der Waals surface area (Å²) >= 11 is 0. The van der Waals surface area contributed by atoms with Gasteiger partial charge in [-0.2, -0.15) is 0 Å². The van der Waals surface area contributed by atoms with Crippen molar-refractivity contribution in [1.82, 2.24) is 4.98 Å². The topological polar surface area (TPSA) is 42.1 Å². The first-order chi connectivity index (χ1) is 10.7. The molecule has 22 heavy (non-hydrogen) atoms. The number of hydrogen-bond donors (Lipinski definition) is 1. The molecule has 3 heteroatoms. The van der Waals surface area contributed by atoms with Gasteiger partial charge in [0.15, 0.2) is 5.75 Å². The van der Waals surface area contributed by atoms with Crippen molar-refractivity contribution in [1.29, 1.82) is 0 Å². The minimum Gasteiger partial charge on any atom is -0.491 e. The summed E-state index contributed by atoms with van der Waals surface area (Å²) in [6.07, 6.45) is 12.4. The molecule has 0 radical (unpaired) electrons. The molecule has 0 bridgehead atoms. The van der Waals surface area contributed by atoms with Crippen molar-refractivity contribution in [3.8, 4) is 5.75 Å². The Bertz CT molecular complexity index is 533.